The van der Waals surface area contributed by atoms with Gasteiger partial charge in [0.05, 0.1) is 11.0 Å². The Balaban J connectivity index is 2.04. The molecule has 2 heterocycles. The van der Waals surface area contributed by atoms with Crippen molar-refractivity contribution < 1.29 is 4.39 Å². The van der Waals surface area contributed by atoms with E-state index in [4.69, 9.17) is 5.73 Å². The van der Waals surface area contributed by atoms with Crippen molar-refractivity contribution in [3.05, 3.63) is 24.0 Å². The van der Waals surface area contributed by atoms with Crippen LogP contribution in [-0.4, -0.2) is 34.1 Å². The van der Waals surface area contributed by atoms with Gasteiger partial charge in [-0.25, -0.2) is 9.37 Å². The topological polar surface area (TPSA) is 47.1 Å². The largest absolute Gasteiger partial charge is 0.369 e. The Morgan fingerprint density at radius 3 is 2.95 bits per heavy atom. The number of halogens is 1. The zero-order valence-corrected chi connectivity index (χ0v) is 11.3. The van der Waals surface area contributed by atoms with E-state index in [9.17, 15) is 4.39 Å². The van der Waals surface area contributed by atoms with Gasteiger partial charge in [0.1, 0.15) is 5.82 Å². The minimum Gasteiger partial charge on any atom is -0.369 e. The minimum absolute atomic E-state index is 0.241. The second kappa shape index (κ2) is 4.49. The average Bonchev–Trinajstić information content (AvgIpc) is 2.68. The molecule has 1 saturated heterocycles. The van der Waals surface area contributed by atoms with Crippen LogP contribution in [0, 0.1) is 5.82 Å². The maximum Gasteiger partial charge on any atom is 0.201 e. The van der Waals surface area contributed by atoms with Gasteiger partial charge in [-0.2, -0.15) is 0 Å². The number of nitrogens with two attached hydrogens (primary N) is 1. The highest BCUT2D eigenvalue weighted by Gasteiger charge is 2.26. The maximum absolute atomic E-state index is 13.4. The van der Waals surface area contributed by atoms with Gasteiger partial charge in [-0.15, -0.1) is 0 Å². The summed E-state index contributed by atoms with van der Waals surface area (Å²) in [6, 6.07) is 5.45. The van der Waals surface area contributed by atoms with Crippen molar-refractivity contribution in [3.8, 4) is 0 Å². The highest BCUT2D eigenvalue weighted by atomic mass is 19.1. The molecular weight excluding hydrogens is 243 g/mol. The molecule has 1 aliphatic rings. The van der Waals surface area contributed by atoms with E-state index in [1.165, 1.54) is 12.1 Å². The predicted molar refractivity (Wildman–Crippen MR) is 74.5 cm³/mol. The van der Waals surface area contributed by atoms with Gasteiger partial charge in [0.2, 0.25) is 5.95 Å². The van der Waals surface area contributed by atoms with Gasteiger partial charge < -0.3 is 15.2 Å². The number of benzene rings is 1. The lowest BCUT2D eigenvalue weighted by molar-refractivity contribution is 0.159. The van der Waals surface area contributed by atoms with Crippen LogP contribution in [0.15, 0.2) is 18.2 Å². The maximum atomic E-state index is 13.4. The number of piperidine rings is 1. The second-order valence-corrected chi connectivity index (χ2v) is 5.48. The lowest BCUT2D eigenvalue weighted by Gasteiger charge is -2.36. The number of nitrogens with zero attached hydrogens (tertiary/aromatic N) is 3. The molecule has 2 atom stereocenters. The van der Waals surface area contributed by atoms with Gasteiger partial charge in [-0.1, -0.05) is 0 Å². The highest BCUT2D eigenvalue weighted by molar-refractivity contribution is 5.78. The number of imidazole rings is 1. The predicted octanol–water partition coefficient (Wildman–Crippen LogP) is 2.41. The second-order valence-electron chi connectivity index (χ2n) is 5.48. The van der Waals surface area contributed by atoms with Crippen LogP contribution in [-0.2, 0) is 0 Å². The molecule has 19 heavy (non-hydrogen) atoms. The van der Waals surface area contributed by atoms with Crippen LogP contribution in [0.5, 0.6) is 0 Å². The van der Waals surface area contributed by atoms with Gasteiger partial charge in [0.15, 0.2) is 0 Å². The molecule has 1 aromatic heterocycles. The molecule has 4 nitrogen and oxygen atoms in total. The van der Waals surface area contributed by atoms with Crippen molar-refractivity contribution in [3.63, 3.8) is 0 Å². The van der Waals surface area contributed by atoms with Crippen LogP contribution in [0.3, 0.4) is 0 Å². The molecule has 2 aromatic rings. The molecular formula is C14H19FN4. The van der Waals surface area contributed by atoms with E-state index in [0.29, 0.717) is 18.0 Å². The molecule has 0 radical (unpaired) electrons. The first-order valence-electron chi connectivity index (χ1n) is 6.69. The number of hydrogen-bond acceptors (Lipinski definition) is 3. The summed E-state index contributed by atoms with van der Waals surface area (Å²) < 4.78 is 15.4. The van der Waals surface area contributed by atoms with Crippen molar-refractivity contribution in [2.75, 3.05) is 19.3 Å². The SMILES string of the molecule is CC1CC(n2c(N)nc3ccc(F)cc32)CCN1C. The summed E-state index contributed by atoms with van der Waals surface area (Å²) in [6.45, 7) is 3.24. The normalized spacial score (nSPS) is 25.0. The molecule has 5 heteroatoms. The monoisotopic (exact) mass is 262 g/mol. The summed E-state index contributed by atoms with van der Waals surface area (Å²) in [5, 5.41) is 0. The van der Waals surface area contributed by atoms with Gasteiger partial charge in [0, 0.05) is 18.6 Å². The Hall–Kier alpha value is -1.62. The van der Waals surface area contributed by atoms with Crippen molar-refractivity contribution >= 4 is 17.0 Å². The summed E-state index contributed by atoms with van der Waals surface area (Å²) in [5.74, 6) is 0.247. The van der Waals surface area contributed by atoms with Crippen LogP contribution >= 0.6 is 0 Å². The number of likely N-dealkylation sites (tertiary alicyclic amines) is 1. The Morgan fingerprint density at radius 1 is 1.42 bits per heavy atom. The van der Waals surface area contributed by atoms with Gasteiger partial charge in [0.25, 0.3) is 0 Å². The molecule has 1 aromatic carbocycles. The fourth-order valence-electron chi connectivity index (χ4n) is 2.97. The fraction of sp³-hybridized carbons (Fsp3) is 0.500. The fourth-order valence-corrected chi connectivity index (χ4v) is 2.97. The molecule has 0 aliphatic carbocycles. The van der Waals surface area contributed by atoms with E-state index >= 15 is 0 Å². The number of aromatic nitrogens is 2. The van der Waals surface area contributed by atoms with Gasteiger partial charge in [-0.3, -0.25) is 0 Å². The van der Waals surface area contributed by atoms with Crippen molar-refractivity contribution in [2.45, 2.75) is 31.8 Å². The third-order valence-electron chi connectivity index (χ3n) is 4.22. The van der Waals surface area contributed by atoms with Crippen LogP contribution in [0.2, 0.25) is 0 Å². The van der Waals surface area contributed by atoms with E-state index in [1.54, 1.807) is 6.07 Å². The smallest absolute Gasteiger partial charge is 0.201 e. The van der Waals surface area contributed by atoms with Crippen LogP contribution in [0.1, 0.15) is 25.8 Å². The van der Waals surface area contributed by atoms with E-state index in [1.807, 2.05) is 4.57 Å². The Bertz CT molecular complexity index is 607. The quantitative estimate of drug-likeness (QED) is 0.858. The highest BCUT2D eigenvalue weighted by Crippen LogP contribution is 2.32. The molecule has 0 spiro atoms. The molecule has 1 aliphatic heterocycles. The minimum atomic E-state index is -0.241. The first-order chi connectivity index (χ1) is 9.06. The molecule has 0 amide bonds. The van der Waals surface area contributed by atoms with Crippen molar-refractivity contribution in [2.24, 2.45) is 0 Å². The third-order valence-corrected chi connectivity index (χ3v) is 4.22. The summed E-state index contributed by atoms with van der Waals surface area (Å²) >= 11 is 0. The standard InChI is InChI=1S/C14H19FN4/c1-9-7-11(5-6-18(9)2)19-13-8-10(15)3-4-12(13)17-14(19)16/h3-4,8-9,11H,5-7H2,1-2H3,(H2,16,17). The van der Waals surface area contributed by atoms with Crippen molar-refractivity contribution in [1.82, 2.24) is 14.5 Å². The number of nitrogen functional groups attached to an aromatic ring is 1. The van der Waals surface area contributed by atoms with Crippen LogP contribution < -0.4 is 5.73 Å². The van der Waals surface area contributed by atoms with Gasteiger partial charge >= 0.3 is 0 Å². The Labute approximate surface area is 112 Å². The Morgan fingerprint density at radius 2 is 2.21 bits per heavy atom. The number of hydrogen-bond donors (Lipinski definition) is 1. The summed E-state index contributed by atoms with van der Waals surface area (Å²) in [4.78, 5) is 6.67. The first kappa shape index (κ1) is 12.4. The number of fused-ring (bicyclic) bond motifs is 1. The zero-order chi connectivity index (χ0) is 13.6. The van der Waals surface area contributed by atoms with E-state index in [2.05, 4.69) is 23.9 Å². The lowest BCUT2D eigenvalue weighted by atomic mass is 9.98. The zero-order valence-electron chi connectivity index (χ0n) is 11.3. The molecule has 1 fully saturated rings. The Kier molecular flexibility index (Phi) is 2.93. The number of anilines is 1. The lowest BCUT2D eigenvalue weighted by Crippen LogP contribution is -2.38. The first-order valence-corrected chi connectivity index (χ1v) is 6.69. The molecule has 0 bridgehead atoms. The molecule has 3 rings (SSSR count). The van der Waals surface area contributed by atoms with Gasteiger partial charge in [-0.05, 0) is 45.0 Å². The summed E-state index contributed by atoms with van der Waals surface area (Å²) in [7, 11) is 2.13. The van der Waals surface area contributed by atoms with Crippen molar-refractivity contribution in [1.29, 1.82) is 0 Å². The van der Waals surface area contributed by atoms with E-state index in [-0.39, 0.29) is 5.82 Å². The van der Waals surface area contributed by atoms with E-state index in [0.717, 1.165) is 30.4 Å². The van der Waals surface area contributed by atoms with E-state index < -0.39 is 0 Å². The van der Waals surface area contributed by atoms with Crippen LogP contribution in [0.4, 0.5) is 10.3 Å². The molecule has 0 saturated carbocycles. The average molecular weight is 262 g/mol. The molecule has 2 N–H and O–H groups in total. The molecule has 2 unspecified atom stereocenters. The molecule has 102 valence electrons. The summed E-state index contributed by atoms with van der Waals surface area (Å²) in [6.07, 6.45) is 2.04. The third kappa shape index (κ3) is 2.08. The number of rotatable bonds is 1. The summed E-state index contributed by atoms with van der Waals surface area (Å²) in [5.41, 5.74) is 7.60. The van der Waals surface area contributed by atoms with Crippen LogP contribution in [0.25, 0.3) is 11.0 Å².